The Morgan fingerprint density at radius 2 is 1.64 bits per heavy atom. The second-order valence-corrected chi connectivity index (χ2v) is 7.42. The monoisotopic (exact) mass is 343 g/mol. The molecule has 0 bridgehead atoms. The molecule has 0 amide bonds. The van der Waals surface area contributed by atoms with Crippen molar-refractivity contribution in [3.8, 4) is 11.3 Å². The summed E-state index contributed by atoms with van der Waals surface area (Å²) in [7, 11) is 0. The first-order valence-corrected chi connectivity index (χ1v) is 8.99. The van der Waals surface area contributed by atoms with Crippen molar-refractivity contribution in [1.82, 2.24) is 4.98 Å². The van der Waals surface area contributed by atoms with Crippen LogP contribution in [0, 0.1) is 13.8 Å². The third-order valence-corrected chi connectivity index (χ3v) is 5.58. The average molecular weight is 344 g/mol. The third-order valence-electron chi connectivity index (χ3n) is 5.33. The maximum Gasteiger partial charge on any atom is 0.0510 e. The molecule has 4 aromatic rings. The summed E-state index contributed by atoms with van der Waals surface area (Å²) in [6, 6.07) is 21.5. The molecule has 0 fully saturated rings. The molecule has 1 aromatic heterocycles. The number of H-pyrrole nitrogens is 1. The molecule has 1 atom stereocenters. The summed E-state index contributed by atoms with van der Waals surface area (Å²) < 4.78 is 0. The molecule has 1 N–H and O–H groups in total. The number of hydrogen-bond donors (Lipinski definition) is 1. The van der Waals surface area contributed by atoms with Crippen molar-refractivity contribution in [2.24, 2.45) is 0 Å². The molecule has 0 aliphatic heterocycles. The normalized spacial score (nSPS) is 15.4. The van der Waals surface area contributed by atoms with Gasteiger partial charge in [-0.1, -0.05) is 53.6 Å². The Kier molecular flexibility index (Phi) is 3.10. The number of halogens is 1. The van der Waals surface area contributed by atoms with E-state index in [0.29, 0.717) is 0 Å². The first-order chi connectivity index (χ1) is 12.1. The van der Waals surface area contributed by atoms with Gasteiger partial charge in [0, 0.05) is 27.4 Å². The fourth-order valence-electron chi connectivity index (χ4n) is 4.38. The summed E-state index contributed by atoms with van der Waals surface area (Å²) in [6.45, 7) is 4.40. The largest absolute Gasteiger partial charge is 0.354 e. The minimum absolute atomic E-state index is 0.249. The number of benzene rings is 3. The van der Waals surface area contributed by atoms with Crippen LogP contribution in [-0.2, 0) is 0 Å². The molecule has 0 radical (unpaired) electrons. The lowest BCUT2D eigenvalue weighted by atomic mass is 9.86. The van der Waals surface area contributed by atoms with Gasteiger partial charge in [0.25, 0.3) is 0 Å². The van der Waals surface area contributed by atoms with Gasteiger partial charge < -0.3 is 4.98 Å². The molecular formula is C23H18ClN. The zero-order valence-electron chi connectivity index (χ0n) is 14.2. The molecular weight excluding hydrogens is 326 g/mol. The number of nitrogens with one attached hydrogen (secondary N) is 1. The Labute approximate surface area is 152 Å². The van der Waals surface area contributed by atoms with Crippen molar-refractivity contribution >= 4 is 22.5 Å². The van der Waals surface area contributed by atoms with Gasteiger partial charge in [-0.25, -0.2) is 0 Å². The van der Waals surface area contributed by atoms with Gasteiger partial charge in [-0.3, -0.25) is 0 Å². The molecule has 122 valence electrons. The topological polar surface area (TPSA) is 15.8 Å². The highest BCUT2D eigenvalue weighted by Crippen LogP contribution is 2.52. The fourth-order valence-corrected chi connectivity index (χ4v) is 4.50. The van der Waals surface area contributed by atoms with Gasteiger partial charge in [0.05, 0.1) is 5.69 Å². The van der Waals surface area contributed by atoms with Crippen molar-refractivity contribution in [3.63, 3.8) is 0 Å². The van der Waals surface area contributed by atoms with Crippen molar-refractivity contribution in [2.75, 3.05) is 0 Å². The van der Waals surface area contributed by atoms with Gasteiger partial charge in [0.15, 0.2) is 0 Å². The van der Waals surface area contributed by atoms with E-state index in [1.807, 2.05) is 12.1 Å². The molecule has 0 saturated carbocycles. The molecule has 0 saturated heterocycles. The lowest BCUT2D eigenvalue weighted by Gasteiger charge is -2.17. The summed E-state index contributed by atoms with van der Waals surface area (Å²) in [6.07, 6.45) is 0. The third kappa shape index (κ3) is 2.09. The minimum Gasteiger partial charge on any atom is -0.354 e. The summed E-state index contributed by atoms with van der Waals surface area (Å²) in [5, 5.41) is 2.09. The molecule has 1 nitrogen and oxygen atoms in total. The van der Waals surface area contributed by atoms with Gasteiger partial charge in [-0.2, -0.15) is 0 Å². The second kappa shape index (κ2) is 5.24. The maximum atomic E-state index is 6.14. The van der Waals surface area contributed by atoms with E-state index in [2.05, 4.69) is 67.4 Å². The Balaban J connectivity index is 1.89. The average Bonchev–Trinajstić information content (AvgIpc) is 3.11. The van der Waals surface area contributed by atoms with E-state index < -0.39 is 0 Å². The van der Waals surface area contributed by atoms with E-state index in [-0.39, 0.29) is 5.92 Å². The quantitative estimate of drug-likeness (QED) is 0.353. The number of aromatic amines is 1. The minimum atomic E-state index is 0.249. The van der Waals surface area contributed by atoms with Crippen LogP contribution in [-0.4, -0.2) is 4.98 Å². The summed E-state index contributed by atoms with van der Waals surface area (Å²) in [4.78, 5) is 3.67. The standard InChI is InChI=1S/C23H18ClN/c1-13-11-14(2)20-18(12-13)23-22(17-5-3-4-6-19(17)25-23)21(20)15-7-9-16(24)10-8-15/h3-12,21,25H,1-2H3. The molecule has 3 aromatic carbocycles. The predicted octanol–water partition coefficient (Wildman–Crippen LogP) is 6.60. The summed E-state index contributed by atoms with van der Waals surface area (Å²) in [5.74, 6) is 0.249. The Morgan fingerprint density at radius 3 is 2.44 bits per heavy atom. The van der Waals surface area contributed by atoms with Crippen molar-refractivity contribution in [2.45, 2.75) is 19.8 Å². The number of hydrogen-bond acceptors (Lipinski definition) is 0. The number of fused-ring (bicyclic) bond motifs is 5. The SMILES string of the molecule is Cc1cc(C)c2c(c1)-c1[nH]c3ccccc3c1C2c1ccc(Cl)cc1. The molecule has 5 rings (SSSR count). The molecule has 0 spiro atoms. The number of aryl methyl sites for hydroxylation is 2. The van der Waals surface area contributed by atoms with Crippen LogP contribution in [0.25, 0.3) is 22.2 Å². The van der Waals surface area contributed by atoms with Crippen LogP contribution in [0.15, 0.2) is 60.7 Å². The predicted molar refractivity (Wildman–Crippen MR) is 106 cm³/mol. The smallest absolute Gasteiger partial charge is 0.0510 e. The van der Waals surface area contributed by atoms with Crippen molar-refractivity contribution in [3.05, 3.63) is 93.5 Å². The van der Waals surface area contributed by atoms with Crippen molar-refractivity contribution < 1.29 is 0 Å². The van der Waals surface area contributed by atoms with Crippen LogP contribution in [0.1, 0.15) is 33.7 Å². The Hall–Kier alpha value is -2.51. The lowest BCUT2D eigenvalue weighted by Crippen LogP contribution is -2.01. The van der Waals surface area contributed by atoms with Crippen LogP contribution in [0.2, 0.25) is 5.02 Å². The van der Waals surface area contributed by atoms with Crippen LogP contribution >= 0.6 is 11.6 Å². The van der Waals surface area contributed by atoms with Crippen LogP contribution in [0.5, 0.6) is 0 Å². The van der Waals surface area contributed by atoms with E-state index in [4.69, 9.17) is 11.6 Å². The molecule has 25 heavy (non-hydrogen) atoms. The van der Waals surface area contributed by atoms with Gasteiger partial charge >= 0.3 is 0 Å². The first-order valence-electron chi connectivity index (χ1n) is 8.61. The highest BCUT2D eigenvalue weighted by atomic mass is 35.5. The Bertz CT molecular complexity index is 1120. The highest BCUT2D eigenvalue weighted by Gasteiger charge is 2.34. The molecule has 1 heterocycles. The first kappa shape index (κ1) is 14.8. The fraction of sp³-hybridized carbons (Fsp3) is 0.130. The lowest BCUT2D eigenvalue weighted by molar-refractivity contribution is 1.01. The number of para-hydroxylation sites is 1. The molecule has 1 aliphatic carbocycles. The summed E-state index contributed by atoms with van der Waals surface area (Å²) >= 11 is 6.14. The molecule has 2 heteroatoms. The second-order valence-electron chi connectivity index (χ2n) is 6.99. The van der Waals surface area contributed by atoms with Crippen LogP contribution in [0.4, 0.5) is 0 Å². The number of aromatic nitrogens is 1. The van der Waals surface area contributed by atoms with Crippen LogP contribution < -0.4 is 0 Å². The van der Waals surface area contributed by atoms with Crippen LogP contribution in [0.3, 0.4) is 0 Å². The van der Waals surface area contributed by atoms with Gasteiger partial charge in [0.1, 0.15) is 0 Å². The maximum absolute atomic E-state index is 6.14. The van der Waals surface area contributed by atoms with Gasteiger partial charge in [-0.05, 0) is 60.4 Å². The van der Waals surface area contributed by atoms with Crippen molar-refractivity contribution in [1.29, 1.82) is 0 Å². The van der Waals surface area contributed by atoms with E-state index in [9.17, 15) is 0 Å². The van der Waals surface area contributed by atoms with E-state index in [1.54, 1.807) is 0 Å². The van der Waals surface area contributed by atoms with E-state index in [0.717, 1.165) is 5.02 Å². The zero-order chi connectivity index (χ0) is 17.1. The highest BCUT2D eigenvalue weighted by molar-refractivity contribution is 6.30. The summed E-state index contributed by atoms with van der Waals surface area (Å²) in [5.41, 5.74) is 10.6. The Morgan fingerprint density at radius 1 is 0.880 bits per heavy atom. The zero-order valence-corrected chi connectivity index (χ0v) is 15.0. The van der Waals surface area contributed by atoms with Gasteiger partial charge in [0.2, 0.25) is 0 Å². The van der Waals surface area contributed by atoms with E-state index >= 15 is 0 Å². The molecule has 1 aliphatic rings. The number of rotatable bonds is 1. The van der Waals surface area contributed by atoms with Gasteiger partial charge in [-0.15, -0.1) is 0 Å². The molecule has 1 unspecified atom stereocenters. The van der Waals surface area contributed by atoms with E-state index in [1.165, 1.54) is 50.0 Å².